The van der Waals surface area contributed by atoms with Gasteiger partial charge in [-0.05, 0) is 0 Å². The summed E-state index contributed by atoms with van der Waals surface area (Å²) in [6, 6.07) is 7.81. The summed E-state index contributed by atoms with van der Waals surface area (Å²) in [7, 11) is 0. The SMILES string of the molecule is NC(=O)c1ncn([C@@H]2O[C@H](CO)[C@@H](O)[C@]2(O)C(=O)c2ccccc2)n1. The van der Waals surface area contributed by atoms with Gasteiger partial charge in [0.2, 0.25) is 17.2 Å². The highest BCUT2D eigenvalue weighted by Gasteiger charge is 2.61. The van der Waals surface area contributed by atoms with E-state index in [1.54, 1.807) is 18.2 Å². The Bertz CT molecular complexity index is 794. The number of hydrogen-bond donors (Lipinski definition) is 4. The van der Waals surface area contributed by atoms with Gasteiger partial charge in [-0.3, -0.25) is 9.59 Å². The number of aromatic nitrogens is 3. The highest BCUT2D eigenvalue weighted by atomic mass is 16.6. The first-order chi connectivity index (χ1) is 11.9. The minimum atomic E-state index is -2.45. The van der Waals surface area contributed by atoms with Crippen molar-refractivity contribution in [2.75, 3.05) is 6.61 Å². The first-order valence-electron chi connectivity index (χ1n) is 7.37. The van der Waals surface area contributed by atoms with E-state index >= 15 is 0 Å². The number of carbonyl (C=O) groups excluding carboxylic acids is 2. The fraction of sp³-hybridized carbons (Fsp3) is 0.333. The standard InChI is InChI=1S/C15H16N4O6/c16-12(23)13-17-7-19(18-13)14-15(24,11(22)9(6-20)25-14)10(21)8-4-2-1-3-5-8/h1-5,7,9,11,14,20,22,24H,6H2,(H2,16,23)/t9-,11-,14-,15-/m1/s1. The topological polar surface area (TPSA) is 161 Å². The molecule has 0 radical (unpaired) electrons. The number of amides is 1. The second-order valence-electron chi connectivity index (χ2n) is 5.59. The van der Waals surface area contributed by atoms with E-state index in [0.29, 0.717) is 0 Å². The molecular weight excluding hydrogens is 332 g/mol. The smallest absolute Gasteiger partial charge is 0.288 e. The molecule has 1 aromatic carbocycles. The van der Waals surface area contributed by atoms with E-state index in [1.165, 1.54) is 12.1 Å². The minimum absolute atomic E-state index is 0.131. The number of carbonyl (C=O) groups is 2. The van der Waals surface area contributed by atoms with Crippen LogP contribution >= 0.6 is 0 Å². The second-order valence-corrected chi connectivity index (χ2v) is 5.59. The number of ether oxygens (including phenoxy) is 1. The summed E-state index contributed by atoms with van der Waals surface area (Å²) in [5, 5.41) is 34.5. The van der Waals surface area contributed by atoms with Gasteiger partial charge in [0.15, 0.2) is 6.23 Å². The fourth-order valence-electron chi connectivity index (χ4n) is 2.75. The number of aliphatic hydroxyl groups is 3. The van der Waals surface area contributed by atoms with Crippen LogP contribution < -0.4 is 5.73 Å². The predicted molar refractivity (Wildman–Crippen MR) is 81.3 cm³/mol. The van der Waals surface area contributed by atoms with Crippen LogP contribution in [-0.4, -0.2) is 66.2 Å². The van der Waals surface area contributed by atoms with Crippen LogP contribution in [-0.2, 0) is 4.74 Å². The van der Waals surface area contributed by atoms with Gasteiger partial charge in [0.25, 0.3) is 5.91 Å². The van der Waals surface area contributed by atoms with Crippen molar-refractivity contribution in [3.05, 3.63) is 48.0 Å². The number of nitrogens with two attached hydrogens (primary N) is 1. The Morgan fingerprint density at radius 3 is 2.56 bits per heavy atom. The third kappa shape index (κ3) is 2.70. The Hall–Kier alpha value is -2.66. The Kier molecular flexibility index (Phi) is 4.35. The van der Waals surface area contributed by atoms with Crippen molar-refractivity contribution < 1.29 is 29.6 Å². The molecule has 2 aromatic rings. The zero-order valence-corrected chi connectivity index (χ0v) is 12.9. The highest BCUT2D eigenvalue weighted by Crippen LogP contribution is 2.40. The quantitative estimate of drug-likeness (QED) is 0.462. The average molecular weight is 348 g/mol. The number of rotatable bonds is 5. The van der Waals surface area contributed by atoms with Crippen molar-refractivity contribution in [2.45, 2.75) is 24.0 Å². The van der Waals surface area contributed by atoms with Gasteiger partial charge >= 0.3 is 0 Å². The van der Waals surface area contributed by atoms with Gasteiger partial charge in [-0.15, -0.1) is 5.10 Å². The first-order valence-corrected chi connectivity index (χ1v) is 7.37. The van der Waals surface area contributed by atoms with E-state index in [-0.39, 0.29) is 11.4 Å². The molecule has 1 aromatic heterocycles. The Morgan fingerprint density at radius 1 is 1.32 bits per heavy atom. The fourth-order valence-corrected chi connectivity index (χ4v) is 2.75. The second kappa shape index (κ2) is 6.33. The zero-order valence-electron chi connectivity index (χ0n) is 12.9. The maximum absolute atomic E-state index is 12.8. The Morgan fingerprint density at radius 2 is 2.00 bits per heavy atom. The predicted octanol–water partition coefficient (Wildman–Crippen LogP) is -1.76. The van der Waals surface area contributed by atoms with Crippen LogP contribution in [0.5, 0.6) is 0 Å². The third-order valence-corrected chi connectivity index (χ3v) is 4.03. The van der Waals surface area contributed by atoms with Gasteiger partial charge in [-0.1, -0.05) is 30.3 Å². The van der Waals surface area contributed by atoms with Crippen molar-refractivity contribution in [3.8, 4) is 0 Å². The Balaban J connectivity index is 2.05. The lowest BCUT2D eigenvalue weighted by molar-refractivity contribution is -0.0895. The molecule has 25 heavy (non-hydrogen) atoms. The van der Waals surface area contributed by atoms with Crippen LogP contribution in [0.3, 0.4) is 0 Å². The van der Waals surface area contributed by atoms with Gasteiger partial charge in [0, 0.05) is 5.56 Å². The van der Waals surface area contributed by atoms with E-state index in [9.17, 15) is 24.9 Å². The largest absolute Gasteiger partial charge is 0.394 e. The van der Waals surface area contributed by atoms with E-state index in [2.05, 4.69) is 10.1 Å². The number of primary amides is 1. The molecule has 0 bridgehead atoms. The molecule has 1 fully saturated rings. The lowest BCUT2D eigenvalue weighted by Gasteiger charge is -2.29. The van der Waals surface area contributed by atoms with Crippen molar-refractivity contribution in [2.24, 2.45) is 5.73 Å². The first kappa shape index (κ1) is 17.2. The molecule has 10 nitrogen and oxygen atoms in total. The van der Waals surface area contributed by atoms with Crippen LogP contribution in [0.2, 0.25) is 0 Å². The van der Waals surface area contributed by atoms with Crippen LogP contribution in [0.25, 0.3) is 0 Å². The lowest BCUT2D eigenvalue weighted by Crippen LogP contribution is -2.53. The molecule has 2 heterocycles. The monoisotopic (exact) mass is 348 g/mol. The minimum Gasteiger partial charge on any atom is -0.394 e. The number of aliphatic hydroxyl groups excluding tert-OH is 2. The summed E-state index contributed by atoms with van der Waals surface area (Å²) in [6.07, 6.45) is -3.42. The summed E-state index contributed by atoms with van der Waals surface area (Å²) in [5.74, 6) is -2.08. The molecule has 5 N–H and O–H groups in total. The summed E-state index contributed by atoms with van der Waals surface area (Å²) >= 11 is 0. The van der Waals surface area contributed by atoms with E-state index in [0.717, 1.165) is 11.0 Å². The molecule has 1 aliphatic heterocycles. The van der Waals surface area contributed by atoms with Crippen LogP contribution in [0.1, 0.15) is 27.2 Å². The van der Waals surface area contributed by atoms with Gasteiger partial charge in [0.05, 0.1) is 6.61 Å². The maximum atomic E-state index is 12.8. The molecule has 0 saturated carbocycles. The summed E-state index contributed by atoms with van der Waals surface area (Å²) < 4.78 is 6.31. The average Bonchev–Trinajstić information content (AvgIpc) is 3.20. The molecule has 0 aliphatic carbocycles. The number of hydrogen-bond acceptors (Lipinski definition) is 8. The van der Waals surface area contributed by atoms with Crippen LogP contribution in [0.15, 0.2) is 36.7 Å². The van der Waals surface area contributed by atoms with Gasteiger partial charge in [-0.2, -0.15) is 0 Å². The molecule has 0 spiro atoms. The van der Waals surface area contributed by atoms with Crippen molar-refractivity contribution in [1.82, 2.24) is 14.8 Å². The zero-order chi connectivity index (χ0) is 18.2. The number of benzene rings is 1. The van der Waals surface area contributed by atoms with Gasteiger partial charge in [-0.25, -0.2) is 9.67 Å². The summed E-state index contributed by atoms with van der Waals surface area (Å²) in [4.78, 5) is 27.7. The lowest BCUT2D eigenvalue weighted by atomic mass is 9.86. The van der Waals surface area contributed by atoms with Crippen LogP contribution in [0.4, 0.5) is 0 Å². The summed E-state index contributed by atoms with van der Waals surface area (Å²) in [5.41, 5.74) is 2.77. The molecule has 10 heteroatoms. The maximum Gasteiger partial charge on any atom is 0.288 e. The summed E-state index contributed by atoms with van der Waals surface area (Å²) in [6.45, 7) is -0.639. The third-order valence-electron chi connectivity index (χ3n) is 4.03. The molecule has 4 atom stereocenters. The molecule has 3 rings (SSSR count). The Labute approximate surface area is 141 Å². The molecule has 1 saturated heterocycles. The number of nitrogens with zero attached hydrogens (tertiary/aromatic N) is 3. The van der Waals surface area contributed by atoms with Gasteiger partial charge in [0.1, 0.15) is 18.5 Å². The highest BCUT2D eigenvalue weighted by molar-refractivity contribution is 6.03. The number of ketones is 1. The number of Topliss-reactive ketones (excluding diaryl/α,β-unsaturated/α-hetero) is 1. The molecule has 0 unspecified atom stereocenters. The normalized spacial score (nSPS) is 28.8. The van der Waals surface area contributed by atoms with Crippen molar-refractivity contribution in [1.29, 1.82) is 0 Å². The molecule has 132 valence electrons. The van der Waals surface area contributed by atoms with Gasteiger partial charge < -0.3 is 25.8 Å². The van der Waals surface area contributed by atoms with Crippen molar-refractivity contribution in [3.63, 3.8) is 0 Å². The molecular formula is C15H16N4O6. The van der Waals surface area contributed by atoms with Crippen LogP contribution in [0, 0.1) is 0 Å². The van der Waals surface area contributed by atoms with E-state index in [1.807, 2.05) is 0 Å². The van der Waals surface area contributed by atoms with E-state index < -0.39 is 42.3 Å². The molecule has 1 amide bonds. The van der Waals surface area contributed by atoms with E-state index in [4.69, 9.17) is 10.5 Å². The molecule has 1 aliphatic rings. The van der Waals surface area contributed by atoms with Crippen molar-refractivity contribution >= 4 is 11.7 Å².